The average Bonchev–Trinajstić information content (AvgIpc) is 3.26. The first-order valence-electron chi connectivity index (χ1n) is 11.8. The monoisotopic (exact) mass is 467 g/mol. The Hall–Kier alpha value is -2.22. The molecule has 2 aromatic heterocycles. The molecule has 7 heteroatoms. The van der Waals surface area contributed by atoms with Crippen LogP contribution in [0.4, 0.5) is 0 Å². The van der Waals surface area contributed by atoms with Crippen LogP contribution in [-0.2, 0) is 6.42 Å². The number of aliphatic hydroxyl groups is 1. The summed E-state index contributed by atoms with van der Waals surface area (Å²) in [7, 11) is 0. The van der Waals surface area contributed by atoms with Crippen molar-refractivity contribution in [3.05, 3.63) is 39.3 Å². The van der Waals surface area contributed by atoms with Gasteiger partial charge in [0.2, 0.25) is 5.82 Å². The van der Waals surface area contributed by atoms with Gasteiger partial charge in [-0.05, 0) is 91.8 Å². The number of benzene rings is 1. The van der Waals surface area contributed by atoms with Gasteiger partial charge in [-0.1, -0.05) is 19.0 Å². The zero-order valence-electron chi connectivity index (χ0n) is 20.1. The lowest BCUT2D eigenvalue weighted by Crippen LogP contribution is -2.21. The van der Waals surface area contributed by atoms with E-state index in [9.17, 15) is 0 Å². The number of nitrogens with zero attached hydrogens (tertiary/aromatic N) is 2. The van der Waals surface area contributed by atoms with E-state index in [-0.39, 0.29) is 6.61 Å². The lowest BCUT2D eigenvalue weighted by atomic mass is 9.95. The van der Waals surface area contributed by atoms with Gasteiger partial charge in [-0.15, -0.1) is 11.3 Å². The highest BCUT2D eigenvalue weighted by Gasteiger charge is 2.63. The van der Waals surface area contributed by atoms with Gasteiger partial charge in [0.15, 0.2) is 0 Å². The summed E-state index contributed by atoms with van der Waals surface area (Å²) in [5, 5.41) is 16.3. The summed E-state index contributed by atoms with van der Waals surface area (Å²) in [6, 6.07) is 4.14. The van der Waals surface area contributed by atoms with Crippen molar-refractivity contribution in [3.8, 4) is 27.9 Å². The van der Waals surface area contributed by atoms with Crippen molar-refractivity contribution in [2.45, 2.75) is 53.4 Å². The minimum absolute atomic E-state index is 0.159. The Morgan fingerprint density at radius 3 is 2.70 bits per heavy atom. The number of fused-ring (bicyclic) bond motifs is 3. The van der Waals surface area contributed by atoms with Crippen molar-refractivity contribution in [2.75, 3.05) is 26.3 Å². The van der Waals surface area contributed by atoms with Crippen molar-refractivity contribution in [3.63, 3.8) is 0 Å². The Balaban J connectivity index is 1.32. The number of aryl methyl sites for hydroxylation is 3. The first-order valence-corrected chi connectivity index (χ1v) is 12.7. The Bertz CT molecular complexity index is 1160. The number of aromatic nitrogens is 2. The van der Waals surface area contributed by atoms with Crippen LogP contribution in [0.15, 0.2) is 16.7 Å². The summed E-state index contributed by atoms with van der Waals surface area (Å²) in [5.74, 6) is 3.64. The third-order valence-electron chi connectivity index (χ3n) is 7.39. The maximum absolute atomic E-state index is 8.82. The topological polar surface area (TPSA) is 80.4 Å². The zero-order valence-corrected chi connectivity index (χ0v) is 20.9. The molecular formula is C26H33N3O3S. The summed E-state index contributed by atoms with van der Waals surface area (Å²) in [5.41, 5.74) is 6.50. The number of aliphatic hydroxyl groups excluding tert-OH is 1. The highest BCUT2D eigenvalue weighted by atomic mass is 32.1. The van der Waals surface area contributed by atoms with Crippen LogP contribution in [0.25, 0.3) is 22.2 Å². The van der Waals surface area contributed by atoms with Crippen molar-refractivity contribution >= 4 is 11.3 Å². The molecule has 6 nitrogen and oxygen atoms in total. The van der Waals surface area contributed by atoms with Crippen LogP contribution < -0.4 is 10.1 Å². The summed E-state index contributed by atoms with van der Waals surface area (Å²) in [4.78, 5) is 7.36. The predicted molar refractivity (Wildman–Crippen MR) is 131 cm³/mol. The molecule has 0 amide bonds. The molecule has 0 unspecified atom stereocenters. The fourth-order valence-corrected chi connectivity index (χ4v) is 6.77. The van der Waals surface area contributed by atoms with Gasteiger partial charge in [-0.3, -0.25) is 0 Å². The fraction of sp³-hybridized carbons (Fsp3) is 0.538. The van der Waals surface area contributed by atoms with Crippen LogP contribution in [0.2, 0.25) is 0 Å². The van der Waals surface area contributed by atoms with Crippen LogP contribution in [-0.4, -0.2) is 41.6 Å². The molecule has 0 aliphatic heterocycles. The summed E-state index contributed by atoms with van der Waals surface area (Å²) >= 11 is 1.80. The predicted octanol–water partition coefficient (Wildman–Crippen LogP) is 5.04. The second kappa shape index (κ2) is 8.53. The second-order valence-corrected chi connectivity index (χ2v) is 11.3. The molecule has 2 aliphatic carbocycles. The Labute approximate surface area is 199 Å². The molecule has 0 bridgehead atoms. The van der Waals surface area contributed by atoms with Crippen LogP contribution in [0, 0.1) is 32.1 Å². The Morgan fingerprint density at radius 2 is 1.97 bits per heavy atom. The third-order valence-corrected chi connectivity index (χ3v) is 8.54. The molecule has 1 saturated carbocycles. The number of rotatable bonds is 9. The van der Waals surface area contributed by atoms with Gasteiger partial charge in [0, 0.05) is 17.0 Å². The number of nitrogens with one attached hydrogen (secondary N) is 1. The number of thiophene rings is 1. The van der Waals surface area contributed by atoms with Gasteiger partial charge in [0.05, 0.1) is 18.1 Å². The molecule has 0 spiro atoms. The quantitative estimate of drug-likeness (QED) is 0.429. The van der Waals surface area contributed by atoms with Gasteiger partial charge in [-0.2, -0.15) is 4.98 Å². The molecule has 1 fully saturated rings. The third kappa shape index (κ3) is 3.90. The smallest absolute Gasteiger partial charge is 0.268 e. The molecule has 2 aliphatic rings. The fourth-order valence-electron chi connectivity index (χ4n) is 5.62. The molecular weight excluding hydrogens is 434 g/mol. The van der Waals surface area contributed by atoms with Crippen molar-refractivity contribution in [1.29, 1.82) is 0 Å². The van der Waals surface area contributed by atoms with Crippen molar-refractivity contribution in [1.82, 2.24) is 15.5 Å². The molecule has 2 N–H and O–H groups in total. The first-order chi connectivity index (χ1) is 15.8. The lowest BCUT2D eigenvalue weighted by molar-refractivity contribution is 0.281. The van der Waals surface area contributed by atoms with Gasteiger partial charge in [0.1, 0.15) is 5.75 Å². The first kappa shape index (κ1) is 22.6. The molecule has 1 aromatic carbocycles. The van der Waals surface area contributed by atoms with Gasteiger partial charge < -0.3 is 19.7 Å². The molecule has 5 rings (SSSR count). The zero-order chi connectivity index (χ0) is 23.3. The molecule has 176 valence electrons. The van der Waals surface area contributed by atoms with E-state index in [2.05, 4.69) is 57.2 Å². The second-order valence-electron chi connectivity index (χ2n) is 10.0. The highest BCUT2D eigenvalue weighted by molar-refractivity contribution is 7.15. The van der Waals surface area contributed by atoms with E-state index in [1.165, 1.54) is 10.4 Å². The average molecular weight is 468 g/mol. The van der Waals surface area contributed by atoms with Crippen LogP contribution in [0.1, 0.15) is 53.3 Å². The van der Waals surface area contributed by atoms with E-state index in [1.54, 1.807) is 16.9 Å². The van der Waals surface area contributed by atoms with Crippen LogP contribution >= 0.6 is 11.3 Å². The summed E-state index contributed by atoms with van der Waals surface area (Å²) in [6.07, 6.45) is 2.02. The molecule has 3 aromatic rings. The van der Waals surface area contributed by atoms with E-state index in [1.807, 2.05) is 0 Å². The van der Waals surface area contributed by atoms with E-state index >= 15 is 0 Å². The Kier molecular flexibility index (Phi) is 5.83. The number of hydrogen-bond acceptors (Lipinski definition) is 7. The maximum atomic E-state index is 8.82. The summed E-state index contributed by atoms with van der Waals surface area (Å²) in [6.45, 7) is 13.4. The van der Waals surface area contributed by atoms with Gasteiger partial charge in [0.25, 0.3) is 5.89 Å². The van der Waals surface area contributed by atoms with Crippen LogP contribution in [0.5, 0.6) is 5.75 Å². The molecule has 2 atom stereocenters. The van der Waals surface area contributed by atoms with Crippen molar-refractivity contribution < 1.29 is 14.4 Å². The van der Waals surface area contributed by atoms with Gasteiger partial charge >= 0.3 is 0 Å². The minimum atomic E-state index is 0.159. The van der Waals surface area contributed by atoms with Crippen LogP contribution in [0.3, 0.4) is 0 Å². The number of ether oxygens (including phenoxy) is 1. The number of hydrogen-bond donors (Lipinski definition) is 2. The standard InChI is InChI=1S/C26H33N3O3S/c1-14-11-17(12-15(2)22(14)31-10-6-7-27-8-9-30)24-28-25(32-29-24)23-18-13-19-21(26(19,4)5)20(18)16(3)33-23/h11-12,19,21,27,30H,6-10,13H2,1-5H3/t19-,21-/m1/s1. The minimum Gasteiger partial charge on any atom is -0.493 e. The SMILES string of the molecule is Cc1cc(-c2noc(-c3sc(C)c4c3C[C@@H]3[C@H]4C3(C)C)n2)cc(C)c1OCCCNCCO. The highest BCUT2D eigenvalue weighted by Crippen LogP contribution is 2.72. The molecule has 2 heterocycles. The largest absolute Gasteiger partial charge is 0.493 e. The van der Waals surface area contributed by atoms with E-state index in [4.69, 9.17) is 19.4 Å². The molecule has 33 heavy (non-hydrogen) atoms. The lowest BCUT2D eigenvalue weighted by Gasteiger charge is -2.13. The normalized spacial score (nSPS) is 20.1. The Morgan fingerprint density at radius 1 is 1.21 bits per heavy atom. The van der Waals surface area contributed by atoms with E-state index in [0.29, 0.717) is 36.2 Å². The summed E-state index contributed by atoms with van der Waals surface area (Å²) < 4.78 is 11.8. The molecule has 0 radical (unpaired) electrons. The van der Waals surface area contributed by atoms with Crippen molar-refractivity contribution in [2.24, 2.45) is 11.3 Å². The molecule has 0 saturated heterocycles. The van der Waals surface area contributed by atoms with Gasteiger partial charge in [-0.25, -0.2) is 0 Å². The van der Waals surface area contributed by atoms with E-state index in [0.717, 1.165) is 52.6 Å². The maximum Gasteiger partial charge on any atom is 0.268 e. The van der Waals surface area contributed by atoms with E-state index < -0.39 is 0 Å².